The SMILES string of the molecule is O=C(COc1ccc(-c2ccccc2)cc1)N/N=C\c1ccc(-c2cccc(Br)c2)o1. The zero-order chi connectivity index (χ0) is 21.5. The molecule has 4 rings (SSSR count). The molecule has 3 aromatic carbocycles. The van der Waals surface area contributed by atoms with E-state index in [1.54, 1.807) is 6.07 Å². The van der Waals surface area contributed by atoms with Crippen LogP contribution in [0.1, 0.15) is 5.76 Å². The minimum Gasteiger partial charge on any atom is -0.484 e. The summed E-state index contributed by atoms with van der Waals surface area (Å²) in [5.74, 6) is 1.51. The quantitative estimate of drug-likeness (QED) is 0.267. The maximum Gasteiger partial charge on any atom is 0.277 e. The molecule has 0 aliphatic carbocycles. The van der Waals surface area contributed by atoms with Crippen molar-refractivity contribution >= 4 is 28.1 Å². The average molecular weight is 475 g/mol. The lowest BCUT2D eigenvalue weighted by Crippen LogP contribution is -2.24. The van der Waals surface area contributed by atoms with Crippen LogP contribution in [-0.4, -0.2) is 18.7 Å². The van der Waals surface area contributed by atoms with E-state index in [-0.39, 0.29) is 12.5 Å². The summed E-state index contributed by atoms with van der Waals surface area (Å²) in [5.41, 5.74) is 5.60. The number of carbonyl (C=O) groups excluding carboxylic acids is 1. The van der Waals surface area contributed by atoms with Gasteiger partial charge in [-0.05, 0) is 47.5 Å². The number of hydrazone groups is 1. The third-order valence-corrected chi connectivity index (χ3v) is 4.94. The van der Waals surface area contributed by atoms with E-state index in [2.05, 4.69) is 26.5 Å². The Balaban J connectivity index is 1.26. The van der Waals surface area contributed by atoms with Crippen LogP contribution in [0.4, 0.5) is 0 Å². The minimum atomic E-state index is -0.359. The van der Waals surface area contributed by atoms with E-state index in [0.29, 0.717) is 11.5 Å². The van der Waals surface area contributed by atoms with Crippen molar-refractivity contribution in [2.45, 2.75) is 0 Å². The van der Waals surface area contributed by atoms with E-state index in [0.717, 1.165) is 26.9 Å². The Labute approximate surface area is 188 Å². The summed E-state index contributed by atoms with van der Waals surface area (Å²) in [6, 6.07) is 29.1. The van der Waals surface area contributed by atoms with Crippen molar-refractivity contribution in [2.24, 2.45) is 5.10 Å². The van der Waals surface area contributed by atoms with Gasteiger partial charge in [-0.15, -0.1) is 0 Å². The van der Waals surface area contributed by atoms with Gasteiger partial charge >= 0.3 is 0 Å². The fourth-order valence-electron chi connectivity index (χ4n) is 2.94. The fourth-order valence-corrected chi connectivity index (χ4v) is 3.34. The summed E-state index contributed by atoms with van der Waals surface area (Å²) in [5, 5.41) is 3.92. The second-order valence-corrected chi connectivity index (χ2v) is 7.60. The summed E-state index contributed by atoms with van der Waals surface area (Å²) in [6.45, 7) is -0.135. The van der Waals surface area contributed by atoms with Crippen LogP contribution in [0, 0.1) is 0 Å². The molecule has 6 heteroatoms. The average Bonchev–Trinajstić information content (AvgIpc) is 3.28. The highest BCUT2D eigenvalue weighted by molar-refractivity contribution is 9.10. The first-order valence-corrected chi connectivity index (χ1v) is 10.4. The number of ether oxygens (including phenoxy) is 1. The lowest BCUT2D eigenvalue weighted by Gasteiger charge is -2.06. The third-order valence-electron chi connectivity index (χ3n) is 4.45. The van der Waals surface area contributed by atoms with Crippen LogP contribution in [0.2, 0.25) is 0 Å². The first-order valence-electron chi connectivity index (χ1n) is 9.63. The Kier molecular flexibility index (Phi) is 6.59. The summed E-state index contributed by atoms with van der Waals surface area (Å²) in [6.07, 6.45) is 1.45. The molecule has 0 atom stereocenters. The number of nitrogens with one attached hydrogen (secondary N) is 1. The molecule has 154 valence electrons. The van der Waals surface area contributed by atoms with E-state index in [4.69, 9.17) is 9.15 Å². The predicted octanol–water partition coefficient (Wildman–Crippen LogP) is 5.91. The number of amides is 1. The standard InChI is InChI=1S/C25H19BrN2O3/c26-21-8-4-7-20(15-21)24-14-13-23(31-24)16-27-28-25(29)17-30-22-11-9-19(10-12-22)18-5-2-1-3-6-18/h1-16H,17H2,(H,28,29)/b27-16-. The van der Waals surface area contributed by atoms with Gasteiger partial charge in [0.1, 0.15) is 17.3 Å². The van der Waals surface area contributed by atoms with Crippen LogP contribution in [0.5, 0.6) is 5.75 Å². The number of hydrogen-bond acceptors (Lipinski definition) is 4. The third kappa shape index (κ3) is 5.71. The van der Waals surface area contributed by atoms with Gasteiger partial charge in [-0.1, -0.05) is 70.5 Å². The molecule has 0 fully saturated rings. The molecule has 0 aliphatic heterocycles. The van der Waals surface area contributed by atoms with Crippen LogP contribution in [0.15, 0.2) is 105 Å². The highest BCUT2D eigenvalue weighted by Crippen LogP contribution is 2.24. The van der Waals surface area contributed by atoms with Gasteiger partial charge < -0.3 is 9.15 Å². The molecule has 0 radical (unpaired) electrons. The second kappa shape index (κ2) is 9.91. The van der Waals surface area contributed by atoms with Crippen LogP contribution < -0.4 is 10.2 Å². The predicted molar refractivity (Wildman–Crippen MR) is 125 cm³/mol. The van der Waals surface area contributed by atoms with Crippen molar-refractivity contribution in [1.82, 2.24) is 5.43 Å². The Bertz CT molecular complexity index is 1180. The second-order valence-electron chi connectivity index (χ2n) is 6.68. The Morgan fingerprint density at radius 3 is 2.42 bits per heavy atom. The zero-order valence-electron chi connectivity index (χ0n) is 16.5. The highest BCUT2D eigenvalue weighted by Gasteiger charge is 2.05. The molecule has 1 amide bonds. The van der Waals surface area contributed by atoms with Crippen molar-refractivity contribution in [2.75, 3.05) is 6.61 Å². The number of halogens is 1. The van der Waals surface area contributed by atoms with Gasteiger partial charge in [0, 0.05) is 10.0 Å². The van der Waals surface area contributed by atoms with Crippen molar-refractivity contribution in [1.29, 1.82) is 0 Å². The Morgan fingerprint density at radius 2 is 1.65 bits per heavy atom. The maximum absolute atomic E-state index is 12.0. The van der Waals surface area contributed by atoms with Crippen LogP contribution >= 0.6 is 15.9 Å². The van der Waals surface area contributed by atoms with Gasteiger partial charge in [0.2, 0.25) is 0 Å². The number of hydrogen-bond donors (Lipinski definition) is 1. The molecular formula is C25H19BrN2O3. The van der Waals surface area contributed by atoms with Crippen LogP contribution in [-0.2, 0) is 4.79 Å². The Morgan fingerprint density at radius 1 is 0.903 bits per heavy atom. The van der Waals surface area contributed by atoms with Gasteiger partial charge in [0.25, 0.3) is 5.91 Å². The zero-order valence-corrected chi connectivity index (χ0v) is 18.1. The van der Waals surface area contributed by atoms with Crippen molar-refractivity contribution in [3.63, 3.8) is 0 Å². The highest BCUT2D eigenvalue weighted by atomic mass is 79.9. The molecule has 31 heavy (non-hydrogen) atoms. The summed E-state index contributed by atoms with van der Waals surface area (Å²) in [7, 11) is 0. The number of carbonyl (C=O) groups is 1. The normalized spacial score (nSPS) is 10.9. The van der Waals surface area contributed by atoms with Crippen LogP contribution in [0.25, 0.3) is 22.5 Å². The van der Waals surface area contributed by atoms with Crippen molar-refractivity contribution in [3.05, 3.63) is 101 Å². The first kappa shape index (κ1) is 20.6. The van der Waals surface area contributed by atoms with Gasteiger partial charge in [0.15, 0.2) is 6.61 Å². The molecule has 0 bridgehead atoms. The number of nitrogens with zero attached hydrogens (tertiary/aromatic N) is 1. The minimum absolute atomic E-state index is 0.135. The number of rotatable bonds is 7. The van der Waals surface area contributed by atoms with E-state index < -0.39 is 0 Å². The molecule has 0 aliphatic rings. The Hall–Kier alpha value is -3.64. The van der Waals surface area contributed by atoms with Gasteiger partial charge in [-0.25, -0.2) is 5.43 Å². The molecule has 1 heterocycles. The number of benzene rings is 3. The molecule has 1 N–H and O–H groups in total. The molecule has 0 saturated heterocycles. The van der Waals surface area contributed by atoms with Crippen LogP contribution in [0.3, 0.4) is 0 Å². The smallest absolute Gasteiger partial charge is 0.277 e. The summed E-state index contributed by atoms with van der Waals surface area (Å²) >= 11 is 3.44. The molecule has 4 aromatic rings. The lowest BCUT2D eigenvalue weighted by atomic mass is 10.1. The maximum atomic E-state index is 12.0. The topological polar surface area (TPSA) is 63.8 Å². The lowest BCUT2D eigenvalue weighted by molar-refractivity contribution is -0.123. The molecule has 0 saturated carbocycles. The first-order chi connectivity index (χ1) is 15.2. The van der Waals surface area contributed by atoms with Gasteiger partial charge in [-0.3, -0.25) is 4.79 Å². The number of furan rings is 1. The van der Waals surface area contributed by atoms with Gasteiger partial charge in [-0.2, -0.15) is 5.10 Å². The van der Waals surface area contributed by atoms with Crippen molar-refractivity contribution in [3.8, 4) is 28.2 Å². The molecule has 1 aromatic heterocycles. The molecule has 0 spiro atoms. The van der Waals surface area contributed by atoms with Gasteiger partial charge in [0.05, 0.1) is 6.21 Å². The van der Waals surface area contributed by atoms with Crippen molar-refractivity contribution < 1.29 is 13.9 Å². The fraction of sp³-hybridized carbons (Fsp3) is 0.0400. The largest absolute Gasteiger partial charge is 0.484 e. The summed E-state index contributed by atoms with van der Waals surface area (Å²) in [4.78, 5) is 12.0. The monoisotopic (exact) mass is 474 g/mol. The van der Waals surface area contributed by atoms with E-state index in [1.807, 2.05) is 84.9 Å². The molecular weight excluding hydrogens is 456 g/mol. The van der Waals surface area contributed by atoms with E-state index >= 15 is 0 Å². The summed E-state index contributed by atoms with van der Waals surface area (Å²) < 4.78 is 12.2. The molecule has 0 unspecified atom stereocenters. The van der Waals surface area contributed by atoms with E-state index in [9.17, 15) is 4.79 Å². The molecule has 5 nitrogen and oxygen atoms in total. The van der Waals surface area contributed by atoms with E-state index in [1.165, 1.54) is 6.21 Å².